The van der Waals surface area contributed by atoms with Gasteiger partial charge in [0.25, 0.3) is 5.91 Å². The summed E-state index contributed by atoms with van der Waals surface area (Å²) in [5, 5.41) is 3.78. The fourth-order valence-corrected chi connectivity index (χ4v) is 4.04. The van der Waals surface area contributed by atoms with Crippen LogP contribution in [0.5, 0.6) is 0 Å². The van der Waals surface area contributed by atoms with Gasteiger partial charge in [0, 0.05) is 38.8 Å². The first-order chi connectivity index (χ1) is 11.6. The van der Waals surface area contributed by atoms with Crippen LogP contribution < -0.4 is 0 Å². The fourth-order valence-electron chi connectivity index (χ4n) is 4.04. The number of aromatic nitrogens is 1. The second-order valence-electron chi connectivity index (χ2n) is 6.93. The average Bonchev–Trinajstić information content (AvgIpc) is 3.08. The maximum atomic E-state index is 12.6. The summed E-state index contributed by atoms with van der Waals surface area (Å²) in [5.41, 5.74) is 1.71. The van der Waals surface area contributed by atoms with Crippen LogP contribution in [-0.4, -0.2) is 47.0 Å². The monoisotopic (exact) mass is 327 g/mol. The van der Waals surface area contributed by atoms with Crippen LogP contribution in [0, 0.1) is 11.8 Å². The Morgan fingerprint density at radius 2 is 1.88 bits per heavy atom. The Bertz CT molecular complexity index is 645. The summed E-state index contributed by atoms with van der Waals surface area (Å²) >= 11 is 0. The van der Waals surface area contributed by atoms with Crippen molar-refractivity contribution in [3.63, 3.8) is 0 Å². The van der Waals surface area contributed by atoms with E-state index in [4.69, 9.17) is 4.52 Å². The molecule has 0 N–H and O–H groups in total. The molecule has 1 aliphatic rings. The highest BCUT2D eigenvalue weighted by atomic mass is 16.5. The molecule has 2 atom stereocenters. The third kappa shape index (κ3) is 3.51. The quantitative estimate of drug-likeness (QED) is 0.866. The molecule has 1 aliphatic heterocycles. The minimum Gasteiger partial charge on any atom is -0.364 e. The maximum absolute atomic E-state index is 12.6. The summed E-state index contributed by atoms with van der Waals surface area (Å²) in [6.07, 6.45) is 1.44. The van der Waals surface area contributed by atoms with Crippen LogP contribution >= 0.6 is 0 Å². The first-order valence-corrected chi connectivity index (χ1v) is 8.50. The first-order valence-electron chi connectivity index (χ1n) is 8.50. The molecule has 1 aromatic carbocycles. The molecular weight excluding hydrogens is 302 g/mol. The SMILES string of the molecule is CC1CN(Cc2ccccc2)CC(C)C1N(C)C(=O)c1ccon1. The number of likely N-dealkylation sites (tertiary alicyclic amines) is 1. The van der Waals surface area contributed by atoms with Crippen molar-refractivity contribution in [1.82, 2.24) is 15.0 Å². The van der Waals surface area contributed by atoms with E-state index < -0.39 is 0 Å². The molecule has 0 spiro atoms. The third-order valence-corrected chi connectivity index (χ3v) is 4.93. The predicted molar refractivity (Wildman–Crippen MR) is 92.4 cm³/mol. The van der Waals surface area contributed by atoms with E-state index in [-0.39, 0.29) is 11.9 Å². The van der Waals surface area contributed by atoms with Gasteiger partial charge < -0.3 is 9.42 Å². The second kappa shape index (κ2) is 7.18. The number of hydrogen-bond acceptors (Lipinski definition) is 4. The molecule has 2 aromatic rings. The van der Waals surface area contributed by atoms with Gasteiger partial charge in [-0.05, 0) is 17.4 Å². The molecule has 128 valence electrons. The second-order valence-corrected chi connectivity index (χ2v) is 6.93. The Hall–Kier alpha value is -2.14. The Balaban J connectivity index is 1.66. The topological polar surface area (TPSA) is 49.6 Å². The van der Waals surface area contributed by atoms with Gasteiger partial charge in [0.1, 0.15) is 6.26 Å². The number of amides is 1. The van der Waals surface area contributed by atoms with Crippen molar-refractivity contribution in [2.75, 3.05) is 20.1 Å². The molecule has 0 radical (unpaired) electrons. The molecule has 2 unspecified atom stereocenters. The summed E-state index contributed by atoms with van der Waals surface area (Å²) in [7, 11) is 1.88. The van der Waals surface area contributed by atoms with Crippen molar-refractivity contribution in [2.24, 2.45) is 11.8 Å². The first kappa shape index (κ1) is 16.7. The van der Waals surface area contributed by atoms with E-state index in [1.54, 1.807) is 6.07 Å². The Morgan fingerprint density at radius 1 is 1.21 bits per heavy atom. The van der Waals surface area contributed by atoms with Gasteiger partial charge in [-0.1, -0.05) is 49.3 Å². The van der Waals surface area contributed by atoms with Gasteiger partial charge in [-0.2, -0.15) is 0 Å². The molecule has 5 heteroatoms. The van der Waals surface area contributed by atoms with Crippen molar-refractivity contribution in [3.05, 3.63) is 53.9 Å². The zero-order chi connectivity index (χ0) is 17.1. The molecule has 3 rings (SSSR count). The minimum absolute atomic E-state index is 0.0658. The Kier molecular flexibility index (Phi) is 5.00. The number of carbonyl (C=O) groups is 1. The van der Waals surface area contributed by atoms with E-state index in [2.05, 4.69) is 48.2 Å². The third-order valence-electron chi connectivity index (χ3n) is 4.93. The Morgan fingerprint density at radius 3 is 2.46 bits per heavy atom. The average molecular weight is 327 g/mol. The predicted octanol–water partition coefficient (Wildman–Crippen LogP) is 2.90. The number of rotatable bonds is 4. The molecule has 0 aliphatic carbocycles. The summed E-state index contributed by atoms with van der Waals surface area (Å²) < 4.78 is 4.80. The number of carbonyl (C=O) groups excluding carboxylic acids is 1. The van der Waals surface area contributed by atoms with Gasteiger partial charge in [-0.25, -0.2) is 0 Å². The normalized spacial score (nSPS) is 24.7. The van der Waals surface area contributed by atoms with E-state index in [1.807, 2.05) is 18.0 Å². The molecule has 24 heavy (non-hydrogen) atoms. The zero-order valence-corrected chi connectivity index (χ0v) is 14.6. The molecule has 0 bridgehead atoms. The lowest BCUT2D eigenvalue weighted by Gasteiger charge is -2.45. The summed E-state index contributed by atoms with van der Waals surface area (Å²) in [6.45, 7) is 7.39. The lowest BCUT2D eigenvalue weighted by molar-refractivity contribution is 0.0265. The van der Waals surface area contributed by atoms with E-state index in [0.717, 1.165) is 19.6 Å². The van der Waals surface area contributed by atoms with Crippen molar-refractivity contribution in [3.8, 4) is 0 Å². The van der Waals surface area contributed by atoms with Crippen molar-refractivity contribution in [1.29, 1.82) is 0 Å². The van der Waals surface area contributed by atoms with E-state index in [9.17, 15) is 4.79 Å². The highest BCUT2D eigenvalue weighted by Gasteiger charge is 2.37. The molecular formula is C19H25N3O2. The van der Waals surface area contributed by atoms with Crippen LogP contribution in [0.2, 0.25) is 0 Å². The van der Waals surface area contributed by atoms with Gasteiger partial charge >= 0.3 is 0 Å². The van der Waals surface area contributed by atoms with Crippen LogP contribution in [0.3, 0.4) is 0 Å². The van der Waals surface area contributed by atoms with Crippen molar-refractivity contribution >= 4 is 5.91 Å². The maximum Gasteiger partial charge on any atom is 0.276 e. The van der Waals surface area contributed by atoms with Gasteiger partial charge in [0.2, 0.25) is 0 Å². The smallest absolute Gasteiger partial charge is 0.276 e. The number of benzene rings is 1. The standard InChI is InChI=1S/C19H25N3O2/c1-14-11-22(13-16-7-5-4-6-8-16)12-15(2)18(14)21(3)19(23)17-9-10-24-20-17/h4-10,14-15,18H,11-13H2,1-3H3. The van der Waals surface area contributed by atoms with Crippen molar-refractivity contribution in [2.45, 2.75) is 26.4 Å². The molecule has 1 amide bonds. The minimum atomic E-state index is -0.0658. The van der Waals surface area contributed by atoms with Crippen molar-refractivity contribution < 1.29 is 9.32 Å². The highest BCUT2D eigenvalue weighted by molar-refractivity contribution is 5.92. The number of nitrogens with zero attached hydrogens (tertiary/aromatic N) is 3. The number of piperidine rings is 1. The summed E-state index contributed by atoms with van der Waals surface area (Å²) in [6, 6.07) is 12.4. The largest absolute Gasteiger partial charge is 0.364 e. The summed E-state index contributed by atoms with van der Waals surface area (Å²) in [4.78, 5) is 16.9. The van der Waals surface area contributed by atoms with Gasteiger partial charge in [0.15, 0.2) is 5.69 Å². The lowest BCUT2D eigenvalue weighted by atomic mass is 9.84. The van der Waals surface area contributed by atoms with Crippen LogP contribution in [0.4, 0.5) is 0 Å². The van der Waals surface area contributed by atoms with Crippen LogP contribution in [0.25, 0.3) is 0 Å². The fraction of sp³-hybridized carbons (Fsp3) is 0.474. The Labute approximate surface area is 143 Å². The molecule has 5 nitrogen and oxygen atoms in total. The van der Waals surface area contributed by atoms with E-state index >= 15 is 0 Å². The van der Waals surface area contributed by atoms with Crippen LogP contribution in [0.15, 0.2) is 47.2 Å². The van der Waals surface area contributed by atoms with Gasteiger partial charge in [-0.3, -0.25) is 9.69 Å². The van der Waals surface area contributed by atoms with Gasteiger partial charge in [-0.15, -0.1) is 0 Å². The molecule has 0 saturated carbocycles. The zero-order valence-electron chi connectivity index (χ0n) is 14.6. The highest BCUT2D eigenvalue weighted by Crippen LogP contribution is 2.28. The molecule has 1 fully saturated rings. The van der Waals surface area contributed by atoms with Gasteiger partial charge in [0.05, 0.1) is 0 Å². The molecule has 1 aromatic heterocycles. The van der Waals surface area contributed by atoms with Crippen LogP contribution in [-0.2, 0) is 6.54 Å². The van der Waals surface area contributed by atoms with Crippen LogP contribution in [0.1, 0.15) is 29.9 Å². The van der Waals surface area contributed by atoms with E-state index in [1.165, 1.54) is 11.8 Å². The molecule has 1 saturated heterocycles. The molecule has 2 heterocycles. The number of hydrogen-bond donors (Lipinski definition) is 0. The van der Waals surface area contributed by atoms with E-state index in [0.29, 0.717) is 17.5 Å². The lowest BCUT2D eigenvalue weighted by Crippen LogP contribution is -2.55. The summed E-state index contributed by atoms with van der Waals surface area (Å²) in [5.74, 6) is 0.737.